The summed E-state index contributed by atoms with van der Waals surface area (Å²) in [5, 5.41) is 24.4. The van der Waals surface area contributed by atoms with Gasteiger partial charge in [-0.2, -0.15) is 0 Å². The first-order valence-electron chi connectivity index (χ1n) is 23.4. The van der Waals surface area contributed by atoms with Gasteiger partial charge in [-0.1, -0.05) is 102 Å². The van der Waals surface area contributed by atoms with Gasteiger partial charge in [-0.05, 0) is 74.1 Å². The summed E-state index contributed by atoms with van der Waals surface area (Å²) < 4.78 is 26.8. The van der Waals surface area contributed by atoms with Crippen molar-refractivity contribution in [3.05, 3.63) is 48.1 Å². The summed E-state index contributed by atoms with van der Waals surface area (Å²) in [7, 11) is 1.58. The van der Waals surface area contributed by atoms with Crippen molar-refractivity contribution >= 4 is 11.8 Å². The fourth-order valence-electron chi connectivity index (χ4n) is 9.88. The van der Waals surface area contributed by atoms with Gasteiger partial charge in [-0.15, -0.1) is 6.58 Å². The van der Waals surface area contributed by atoms with Crippen LogP contribution in [0.5, 0.6) is 11.5 Å². The van der Waals surface area contributed by atoms with Crippen LogP contribution in [0.3, 0.4) is 0 Å². The molecule has 0 bridgehead atoms. The fraction of sp³-hybridized carbons (Fsp3) is 0.750. The lowest BCUT2D eigenvalue weighted by Gasteiger charge is -2.59. The molecule has 0 aromatic heterocycles. The van der Waals surface area contributed by atoms with Gasteiger partial charge in [0, 0.05) is 57.3 Å². The van der Waals surface area contributed by atoms with Crippen LogP contribution in [0.25, 0.3) is 0 Å². The Morgan fingerprint density at radius 2 is 1.66 bits per heavy atom. The second-order valence-electron chi connectivity index (χ2n) is 17.1. The van der Waals surface area contributed by atoms with Gasteiger partial charge in [0.15, 0.2) is 0 Å². The molecular weight excluding hydrogens is 747 g/mol. The molecule has 0 spiro atoms. The van der Waals surface area contributed by atoms with E-state index in [2.05, 4.69) is 37.5 Å². The Kier molecular flexibility index (Phi) is 19.9. The van der Waals surface area contributed by atoms with Crippen LogP contribution in [0.2, 0.25) is 0 Å². The Balaban J connectivity index is 1.50. The molecule has 1 aromatic carbocycles. The zero-order chi connectivity index (χ0) is 41.9. The number of aliphatic hydroxyl groups excluding tert-OH is 2. The van der Waals surface area contributed by atoms with Crippen LogP contribution in [0.1, 0.15) is 141 Å². The molecule has 2 fully saturated rings. The van der Waals surface area contributed by atoms with Crippen LogP contribution < -0.4 is 9.47 Å². The lowest BCUT2D eigenvalue weighted by atomic mass is 9.55. The minimum atomic E-state index is -1.29. The molecular formula is C48H77N3O8. The molecule has 2 aliphatic heterocycles. The van der Waals surface area contributed by atoms with Gasteiger partial charge in [0.25, 0.3) is 0 Å². The molecule has 1 saturated carbocycles. The topological polar surface area (TPSA) is 122 Å². The van der Waals surface area contributed by atoms with E-state index in [1.807, 2.05) is 17.0 Å². The standard InChI is InChI=1S/C48H77N3O8/c1-5-8-9-10-11-12-13-14-15-20-32-57-47(54)51(25-6-2)44-36-42(49-55-4)40-34-37(21-16-18-29-52)39(22-17-19-30-53)45-41-35-38(56-33-28-50-26-27-50)23-24-43(41)59-48(44,46(40)45)58-31-7-3/h7,23-24,34-35,37,39,44-46,52-53H,3,5-6,8-22,25-33,36H2,1-2,4H3. The number of hydrogen-bond donors (Lipinski definition) is 2. The van der Waals surface area contributed by atoms with Crippen molar-refractivity contribution in [2.24, 2.45) is 22.9 Å². The van der Waals surface area contributed by atoms with Crippen LogP contribution >= 0.6 is 0 Å². The van der Waals surface area contributed by atoms with Gasteiger partial charge in [0.05, 0.1) is 24.8 Å². The Bertz CT molecular complexity index is 1480. The minimum absolute atomic E-state index is 0.0897. The zero-order valence-corrected chi connectivity index (χ0v) is 36.8. The molecule has 0 radical (unpaired) electrons. The summed E-state index contributed by atoms with van der Waals surface area (Å²) in [6, 6.07) is 5.58. The molecule has 1 aromatic rings. The molecule has 11 heteroatoms. The molecule has 5 rings (SSSR count). The van der Waals surface area contributed by atoms with Crippen molar-refractivity contribution in [1.29, 1.82) is 0 Å². The van der Waals surface area contributed by atoms with Gasteiger partial charge >= 0.3 is 6.09 Å². The quantitative estimate of drug-likeness (QED) is 0.0338. The molecule has 4 aliphatic rings. The van der Waals surface area contributed by atoms with Crippen LogP contribution in [-0.2, 0) is 14.3 Å². The average molecular weight is 824 g/mol. The number of nitrogens with zero attached hydrogens (tertiary/aromatic N) is 3. The molecule has 2 aliphatic carbocycles. The third-order valence-electron chi connectivity index (χ3n) is 12.9. The van der Waals surface area contributed by atoms with Crippen LogP contribution in [0.4, 0.5) is 4.79 Å². The summed E-state index contributed by atoms with van der Waals surface area (Å²) in [4.78, 5) is 24.2. The van der Waals surface area contributed by atoms with Crippen molar-refractivity contribution in [2.75, 3.05) is 66.3 Å². The number of carbonyl (C=O) groups excluding carboxylic acids is 1. The number of allylic oxidation sites excluding steroid dienone is 1. The van der Waals surface area contributed by atoms with E-state index in [4.69, 9.17) is 28.9 Å². The molecule has 6 unspecified atom stereocenters. The van der Waals surface area contributed by atoms with Crippen molar-refractivity contribution < 1.29 is 38.8 Å². The fourth-order valence-corrected chi connectivity index (χ4v) is 9.88. The molecule has 1 saturated heterocycles. The number of ether oxygens (including phenoxy) is 4. The number of amides is 1. The van der Waals surface area contributed by atoms with Gasteiger partial charge in [-0.25, -0.2) is 4.79 Å². The summed E-state index contributed by atoms with van der Waals surface area (Å²) in [5.41, 5.74) is 2.87. The predicted octanol–water partition coefficient (Wildman–Crippen LogP) is 9.41. The van der Waals surface area contributed by atoms with Crippen molar-refractivity contribution in [2.45, 2.75) is 147 Å². The second kappa shape index (κ2) is 25.0. The summed E-state index contributed by atoms with van der Waals surface area (Å²) in [6.45, 7) is 13.4. The molecule has 11 nitrogen and oxygen atoms in total. The largest absolute Gasteiger partial charge is 0.492 e. The summed E-state index contributed by atoms with van der Waals surface area (Å²) >= 11 is 0. The van der Waals surface area contributed by atoms with Gasteiger partial charge in [0.1, 0.15) is 31.3 Å². The SMILES string of the molecule is C=CCOC12Oc3ccc(OCCN4CC4)cc3C3C(CCCCO)C(CCCCO)C=C(C(=NOC)CC1N(CCC)C(=O)OCCCCCCCCCCCC)C32. The molecule has 6 atom stereocenters. The Morgan fingerprint density at radius 3 is 2.32 bits per heavy atom. The number of unbranched alkanes of at least 4 members (excludes halogenated alkanes) is 11. The number of benzene rings is 1. The maximum Gasteiger partial charge on any atom is 0.410 e. The Hall–Kier alpha value is -3.12. The number of carbonyl (C=O) groups is 1. The first-order valence-corrected chi connectivity index (χ1v) is 23.4. The van der Waals surface area contributed by atoms with Crippen LogP contribution in [-0.4, -0.2) is 110 Å². The van der Waals surface area contributed by atoms with E-state index in [1.54, 1.807) is 13.2 Å². The monoisotopic (exact) mass is 824 g/mol. The van der Waals surface area contributed by atoms with E-state index in [1.165, 1.54) is 44.9 Å². The molecule has 2 N–H and O–H groups in total. The van der Waals surface area contributed by atoms with Gasteiger partial charge in [-0.3, -0.25) is 9.80 Å². The Morgan fingerprint density at radius 1 is 0.949 bits per heavy atom. The van der Waals surface area contributed by atoms with E-state index >= 15 is 0 Å². The normalized spacial score (nSPS) is 25.1. The van der Waals surface area contributed by atoms with Crippen molar-refractivity contribution in [1.82, 2.24) is 9.80 Å². The number of hydrogen-bond acceptors (Lipinski definition) is 10. The number of rotatable bonds is 30. The van der Waals surface area contributed by atoms with Crippen molar-refractivity contribution in [3.63, 3.8) is 0 Å². The van der Waals surface area contributed by atoms with E-state index in [0.717, 1.165) is 106 Å². The highest BCUT2D eigenvalue weighted by atomic mass is 16.7. The third-order valence-corrected chi connectivity index (χ3v) is 12.9. The minimum Gasteiger partial charge on any atom is -0.492 e. The lowest BCUT2D eigenvalue weighted by Crippen LogP contribution is -2.70. The first kappa shape index (κ1) is 46.9. The highest BCUT2D eigenvalue weighted by Gasteiger charge is 2.65. The smallest absolute Gasteiger partial charge is 0.410 e. The highest BCUT2D eigenvalue weighted by molar-refractivity contribution is 6.02. The van der Waals surface area contributed by atoms with Crippen LogP contribution in [0, 0.1) is 17.8 Å². The van der Waals surface area contributed by atoms with Crippen LogP contribution in [0.15, 0.2) is 47.7 Å². The van der Waals surface area contributed by atoms with E-state index in [0.29, 0.717) is 32.6 Å². The molecule has 59 heavy (non-hydrogen) atoms. The predicted molar refractivity (Wildman–Crippen MR) is 234 cm³/mol. The maximum atomic E-state index is 14.4. The average Bonchev–Trinajstić information content (AvgIpc) is 4.07. The summed E-state index contributed by atoms with van der Waals surface area (Å²) in [5.74, 6) is 0.124. The summed E-state index contributed by atoms with van der Waals surface area (Å²) in [6.07, 6.45) is 21.9. The Labute approximate surface area is 355 Å². The zero-order valence-electron chi connectivity index (χ0n) is 36.8. The maximum absolute atomic E-state index is 14.4. The van der Waals surface area contributed by atoms with Crippen molar-refractivity contribution in [3.8, 4) is 11.5 Å². The first-order chi connectivity index (χ1) is 29.0. The highest BCUT2D eigenvalue weighted by Crippen LogP contribution is 2.62. The molecule has 332 valence electrons. The third kappa shape index (κ3) is 12.7. The van der Waals surface area contributed by atoms with E-state index in [9.17, 15) is 15.0 Å². The second-order valence-corrected chi connectivity index (χ2v) is 17.1. The number of aliphatic hydroxyl groups is 2. The van der Waals surface area contributed by atoms with E-state index < -0.39 is 11.8 Å². The van der Waals surface area contributed by atoms with E-state index in [-0.39, 0.29) is 49.6 Å². The number of oxime groups is 1. The van der Waals surface area contributed by atoms with Gasteiger partial charge in [0.2, 0.25) is 5.79 Å². The molecule has 2 heterocycles. The lowest BCUT2D eigenvalue weighted by molar-refractivity contribution is -0.255. The molecule has 1 amide bonds. The number of fused-ring (bicyclic) bond motifs is 2. The van der Waals surface area contributed by atoms with Gasteiger partial charge < -0.3 is 34.0 Å².